The summed E-state index contributed by atoms with van der Waals surface area (Å²) < 4.78 is 0. The average molecular weight is 282 g/mol. The van der Waals surface area contributed by atoms with Gasteiger partial charge in [0.2, 0.25) is 0 Å². The molecule has 1 aromatic carbocycles. The minimum absolute atomic E-state index is 0.177. The molecule has 2 N–H and O–H groups in total. The highest BCUT2D eigenvalue weighted by molar-refractivity contribution is 5.50. The molecule has 0 aromatic heterocycles. The summed E-state index contributed by atoms with van der Waals surface area (Å²) in [5.74, 6) is 1.70. The minimum atomic E-state index is 0.177. The molecule has 0 amide bonds. The van der Waals surface area contributed by atoms with Gasteiger partial charge in [-0.15, -0.1) is 0 Å². The Morgan fingerprint density at radius 1 is 1.00 bits per heavy atom. The van der Waals surface area contributed by atoms with Crippen LogP contribution in [0.4, 0.5) is 5.69 Å². The number of nitrogens with zero attached hydrogens (tertiary/aromatic N) is 1. The van der Waals surface area contributed by atoms with Crippen LogP contribution >= 0.6 is 0 Å². The van der Waals surface area contributed by atoms with Crippen LogP contribution in [0, 0.1) is 11.8 Å². The maximum atomic E-state index is 6.73. The summed E-state index contributed by atoms with van der Waals surface area (Å²) in [5.41, 5.74) is 10.3. The van der Waals surface area contributed by atoms with E-state index in [1.54, 1.807) is 5.56 Å². The average Bonchev–Trinajstić information content (AvgIpc) is 3.11. The summed E-state index contributed by atoms with van der Waals surface area (Å²) in [6.07, 6.45) is 9.39. The SMILES string of the molecule is NC12CC3CC1CC(c1ccc(N4CCCC4)cc1)(C3)C2. The zero-order valence-corrected chi connectivity index (χ0v) is 12.9. The quantitative estimate of drug-likeness (QED) is 0.900. The topological polar surface area (TPSA) is 29.3 Å². The minimum Gasteiger partial charge on any atom is -0.372 e. The number of rotatable bonds is 2. The van der Waals surface area contributed by atoms with Crippen LogP contribution in [0.25, 0.3) is 0 Å². The highest BCUT2D eigenvalue weighted by atomic mass is 15.1. The molecule has 0 radical (unpaired) electrons. The molecule has 1 aromatic rings. The van der Waals surface area contributed by atoms with Gasteiger partial charge in [0.1, 0.15) is 0 Å². The zero-order valence-electron chi connectivity index (χ0n) is 12.9. The van der Waals surface area contributed by atoms with Crippen molar-refractivity contribution in [2.45, 2.75) is 55.9 Å². The van der Waals surface area contributed by atoms with Crippen LogP contribution in [0.1, 0.15) is 50.5 Å². The van der Waals surface area contributed by atoms with Crippen LogP contribution in [-0.4, -0.2) is 18.6 Å². The molecule has 5 aliphatic rings. The first-order valence-corrected chi connectivity index (χ1v) is 8.81. The van der Waals surface area contributed by atoms with Gasteiger partial charge in [-0.25, -0.2) is 0 Å². The van der Waals surface area contributed by atoms with Crippen molar-refractivity contribution < 1.29 is 0 Å². The molecule has 1 saturated heterocycles. The third-order valence-corrected chi connectivity index (χ3v) is 7.03. The van der Waals surface area contributed by atoms with Gasteiger partial charge in [0.15, 0.2) is 0 Å². The molecule has 112 valence electrons. The monoisotopic (exact) mass is 282 g/mol. The molecule has 1 aliphatic heterocycles. The Morgan fingerprint density at radius 3 is 2.43 bits per heavy atom. The fourth-order valence-electron chi connectivity index (χ4n) is 6.30. The van der Waals surface area contributed by atoms with E-state index < -0.39 is 0 Å². The summed E-state index contributed by atoms with van der Waals surface area (Å²) >= 11 is 0. The van der Waals surface area contributed by atoms with Gasteiger partial charge in [-0.2, -0.15) is 0 Å². The van der Waals surface area contributed by atoms with Crippen LogP contribution in [-0.2, 0) is 5.41 Å². The third-order valence-electron chi connectivity index (χ3n) is 7.03. The molecule has 4 bridgehead atoms. The molecule has 0 spiro atoms. The van der Waals surface area contributed by atoms with E-state index in [1.165, 1.54) is 63.7 Å². The summed E-state index contributed by atoms with van der Waals surface area (Å²) in [6.45, 7) is 2.47. The fraction of sp³-hybridized carbons (Fsp3) is 0.684. The normalized spacial score (nSPS) is 44.0. The molecule has 5 fully saturated rings. The molecule has 4 aliphatic carbocycles. The maximum absolute atomic E-state index is 6.73. The van der Waals surface area contributed by atoms with Crippen LogP contribution in [0.15, 0.2) is 24.3 Å². The largest absolute Gasteiger partial charge is 0.372 e. The van der Waals surface area contributed by atoms with Gasteiger partial charge in [-0.05, 0) is 79.9 Å². The van der Waals surface area contributed by atoms with Gasteiger partial charge in [0.05, 0.1) is 0 Å². The molecule has 2 heteroatoms. The molecule has 4 saturated carbocycles. The van der Waals surface area contributed by atoms with E-state index >= 15 is 0 Å². The van der Waals surface area contributed by atoms with Crippen LogP contribution in [0.2, 0.25) is 0 Å². The molecule has 6 rings (SSSR count). The number of anilines is 1. The van der Waals surface area contributed by atoms with Crippen molar-refractivity contribution in [1.29, 1.82) is 0 Å². The summed E-state index contributed by atoms with van der Waals surface area (Å²) in [5, 5.41) is 0. The second kappa shape index (κ2) is 4.04. The Labute approximate surface area is 127 Å². The van der Waals surface area contributed by atoms with Crippen LogP contribution in [0.3, 0.4) is 0 Å². The number of benzene rings is 1. The molecule has 4 atom stereocenters. The number of nitrogens with two attached hydrogens (primary N) is 1. The van der Waals surface area contributed by atoms with Gasteiger partial charge in [0, 0.05) is 24.3 Å². The summed E-state index contributed by atoms with van der Waals surface area (Å²) in [7, 11) is 0. The molecule has 1 heterocycles. The van der Waals surface area contributed by atoms with Gasteiger partial charge in [-0.3, -0.25) is 0 Å². The highest BCUT2D eigenvalue weighted by Gasteiger charge is 2.62. The Kier molecular flexibility index (Phi) is 2.41. The smallest absolute Gasteiger partial charge is 0.0366 e. The van der Waals surface area contributed by atoms with Gasteiger partial charge < -0.3 is 10.6 Å². The van der Waals surface area contributed by atoms with E-state index in [2.05, 4.69) is 29.2 Å². The third kappa shape index (κ3) is 1.69. The van der Waals surface area contributed by atoms with Crippen molar-refractivity contribution in [1.82, 2.24) is 0 Å². The molecular weight excluding hydrogens is 256 g/mol. The maximum Gasteiger partial charge on any atom is 0.0366 e. The predicted octanol–water partition coefficient (Wildman–Crippen LogP) is 3.45. The Morgan fingerprint density at radius 2 is 1.76 bits per heavy atom. The molecule has 4 unspecified atom stereocenters. The van der Waals surface area contributed by atoms with Gasteiger partial charge in [-0.1, -0.05) is 12.1 Å². The Bertz CT molecular complexity index is 559. The summed E-state index contributed by atoms with van der Waals surface area (Å²) in [6, 6.07) is 9.58. The van der Waals surface area contributed by atoms with Crippen molar-refractivity contribution in [2.24, 2.45) is 17.6 Å². The first-order chi connectivity index (χ1) is 10.2. The molecule has 2 nitrogen and oxygen atoms in total. The van der Waals surface area contributed by atoms with Crippen molar-refractivity contribution in [2.75, 3.05) is 18.0 Å². The zero-order chi connectivity index (χ0) is 14.1. The lowest BCUT2D eigenvalue weighted by molar-refractivity contribution is 0.221. The number of hydrogen-bond donors (Lipinski definition) is 1. The van der Waals surface area contributed by atoms with Crippen molar-refractivity contribution in [3.63, 3.8) is 0 Å². The Hall–Kier alpha value is -1.02. The lowest BCUT2D eigenvalue weighted by atomic mass is 9.65. The fourth-order valence-corrected chi connectivity index (χ4v) is 6.30. The second-order valence-electron chi connectivity index (χ2n) is 8.34. The van der Waals surface area contributed by atoms with E-state index in [9.17, 15) is 0 Å². The predicted molar refractivity (Wildman–Crippen MR) is 86.6 cm³/mol. The van der Waals surface area contributed by atoms with Crippen LogP contribution < -0.4 is 10.6 Å². The highest BCUT2D eigenvalue weighted by Crippen LogP contribution is 2.65. The van der Waals surface area contributed by atoms with E-state index in [0.29, 0.717) is 5.41 Å². The first kappa shape index (κ1) is 12.5. The van der Waals surface area contributed by atoms with Crippen molar-refractivity contribution in [3.8, 4) is 0 Å². The van der Waals surface area contributed by atoms with E-state index in [4.69, 9.17) is 5.73 Å². The second-order valence-corrected chi connectivity index (χ2v) is 8.34. The molecular formula is C19H26N2. The lowest BCUT2D eigenvalue weighted by Crippen LogP contribution is -2.43. The first-order valence-electron chi connectivity index (χ1n) is 8.81. The van der Waals surface area contributed by atoms with E-state index in [1.807, 2.05) is 0 Å². The van der Waals surface area contributed by atoms with Crippen molar-refractivity contribution >= 4 is 5.69 Å². The lowest BCUT2D eigenvalue weighted by Gasteiger charge is -2.40. The summed E-state index contributed by atoms with van der Waals surface area (Å²) in [4.78, 5) is 2.53. The number of hydrogen-bond acceptors (Lipinski definition) is 2. The molecule has 21 heavy (non-hydrogen) atoms. The van der Waals surface area contributed by atoms with Gasteiger partial charge in [0.25, 0.3) is 0 Å². The Balaban J connectivity index is 1.46. The van der Waals surface area contributed by atoms with E-state index in [0.717, 1.165) is 11.8 Å². The van der Waals surface area contributed by atoms with E-state index in [-0.39, 0.29) is 5.54 Å². The van der Waals surface area contributed by atoms with Gasteiger partial charge >= 0.3 is 0 Å². The van der Waals surface area contributed by atoms with Crippen LogP contribution in [0.5, 0.6) is 0 Å². The standard InChI is InChI=1S/C19H26N2/c20-19-11-14-9-16(19)12-18(10-14,13-19)15-3-5-17(6-4-15)21-7-1-2-8-21/h3-6,14,16H,1-2,7-13,20H2. The van der Waals surface area contributed by atoms with Crippen molar-refractivity contribution in [3.05, 3.63) is 29.8 Å².